The van der Waals surface area contributed by atoms with Crippen LogP contribution < -0.4 is 10.3 Å². The van der Waals surface area contributed by atoms with Gasteiger partial charge in [0.25, 0.3) is 5.56 Å². The van der Waals surface area contributed by atoms with Crippen molar-refractivity contribution in [3.8, 4) is 5.75 Å². The molecule has 1 N–H and O–H groups in total. The lowest BCUT2D eigenvalue weighted by atomic mass is 9.90. The minimum atomic E-state index is -0.412. The summed E-state index contributed by atoms with van der Waals surface area (Å²) in [6.45, 7) is 0. The molecule has 0 saturated heterocycles. The van der Waals surface area contributed by atoms with Gasteiger partial charge in [0.2, 0.25) is 0 Å². The third-order valence-electron chi connectivity index (χ3n) is 3.73. The average molecular weight is 281 g/mol. The molecule has 1 atom stereocenters. The van der Waals surface area contributed by atoms with E-state index >= 15 is 0 Å². The highest BCUT2D eigenvalue weighted by Crippen LogP contribution is 2.39. The topological polar surface area (TPSA) is 72.3 Å². The molecule has 5 nitrogen and oxygen atoms in total. The van der Waals surface area contributed by atoms with E-state index < -0.39 is 5.92 Å². The SMILES string of the molecule is O=C1C[C@@H](c2ccco2)c2c(c3ccccc3[nH]c2=O)O1. The lowest BCUT2D eigenvalue weighted by Gasteiger charge is -2.23. The van der Waals surface area contributed by atoms with Gasteiger partial charge < -0.3 is 14.1 Å². The van der Waals surface area contributed by atoms with E-state index in [9.17, 15) is 9.59 Å². The number of para-hydroxylation sites is 1. The van der Waals surface area contributed by atoms with E-state index in [4.69, 9.17) is 9.15 Å². The van der Waals surface area contributed by atoms with Crippen molar-refractivity contribution in [2.45, 2.75) is 12.3 Å². The van der Waals surface area contributed by atoms with Crippen molar-refractivity contribution >= 4 is 16.9 Å². The van der Waals surface area contributed by atoms with Crippen molar-refractivity contribution in [1.29, 1.82) is 0 Å². The number of furan rings is 1. The minimum absolute atomic E-state index is 0.0991. The highest BCUT2D eigenvalue weighted by Gasteiger charge is 2.34. The smallest absolute Gasteiger partial charge is 0.312 e. The van der Waals surface area contributed by atoms with Crippen LogP contribution in [-0.2, 0) is 4.79 Å². The molecule has 104 valence electrons. The molecule has 3 heterocycles. The van der Waals surface area contributed by atoms with Gasteiger partial charge in [-0.2, -0.15) is 0 Å². The first-order valence-corrected chi connectivity index (χ1v) is 6.63. The molecule has 5 heteroatoms. The van der Waals surface area contributed by atoms with Crippen LogP contribution in [0.5, 0.6) is 5.75 Å². The summed E-state index contributed by atoms with van der Waals surface area (Å²) in [6.07, 6.45) is 1.63. The molecular weight excluding hydrogens is 270 g/mol. The zero-order chi connectivity index (χ0) is 14.4. The molecule has 0 radical (unpaired) electrons. The largest absolute Gasteiger partial charge is 0.469 e. The van der Waals surface area contributed by atoms with Gasteiger partial charge in [0.1, 0.15) is 11.5 Å². The monoisotopic (exact) mass is 281 g/mol. The molecule has 1 aromatic carbocycles. The van der Waals surface area contributed by atoms with Crippen molar-refractivity contribution in [1.82, 2.24) is 4.98 Å². The Labute approximate surface area is 119 Å². The molecule has 1 aliphatic rings. The maximum Gasteiger partial charge on any atom is 0.312 e. The summed E-state index contributed by atoms with van der Waals surface area (Å²) in [5.41, 5.74) is 0.843. The Bertz CT molecular complexity index is 892. The fourth-order valence-corrected chi connectivity index (χ4v) is 2.81. The van der Waals surface area contributed by atoms with Crippen LogP contribution in [0.2, 0.25) is 0 Å². The molecule has 0 saturated carbocycles. The number of aromatic amines is 1. The third-order valence-corrected chi connectivity index (χ3v) is 3.73. The highest BCUT2D eigenvalue weighted by atomic mass is 16.5. The zero-order valence-corrected chi connectivity index (χ0v) is 11.0. The van der Waals surface area contributed by atoms with Crippen LogP contribution in [0.1, 0.15) is 23.7 Å². The molecule has 3 aromatic rings. The maximum absolute atomic E-state index is 12.4. The minimum Gasteiger partial charge on any atom is -0.469 e. The Morgan fingerprint density at radius 2 is 1.95 bits per heavy atom. The van der Waals surface area contributed by atoms with Crippen molar-refractivity contribution in [3.05, 3.63) is 64.3 Å². The van der Waals surface area contributed by atoms with Crippen LogP contribution in [0.15, 0.2) is 51.9 Å². The normalized spacial score (nSPS) is 17.5. The molecular formula is C16H11NO4. The number of carbonyl (C=O) groups excluding carboxylic acids is 1. The van der Waals surface area contributed by atoms with Gasteiger partial charge in [0.15, 0.2) is 0 Å². The van der Waals surface area contributed by atoms with Gasteiger partial charge in [-0.15, -0.1) is 0 Å². The molecule has 1 aliphatic heterocycles. The molecule has 0 fully saturated rings. The fourth-order valence-electron chi connectivity index (χ4n) is 2.81. The van der Waals surface area contributed by atoms with Gasteiger partial charge in [0, 0.05) is 5.39 Å². The third kappa shape index (κ3) is 1.78. The number of nitrogens with one attached hydrogen (secondary N) is 1. The van der Waals surface area contributed by atoms with Crippen LogP contribution in [0, 0.1) is 0 Å². The van der Waals surface area contributed by atoms with E-state index in [0.717, 1.165) is 5.39 Å². The Balaban J connectivity index is 2.06. The van der Waals surface area contributed by atoms with Gasteiger partial charge >= 0.3 is 5.97 Å². The number of fused-ring (bicyclic) bond motifs is 3. The summed E-state index contributed by atoms with van der Waals surface area (Å²) in [6, 6.07) is 10.8. The van der Waals surface area contributed by atoms with Gasteiger partial charge in [-0.3, -0.25) is 9.59 Å². The van der Waals surface area contributed by atoms with E-state index in [-0.39, 0.29) is 17.9 Å². The second kappa shape index (κ2) is 4.34. The number of hydrogen-bond acceptors (Lipinski definition) is 4. The Morgan fingerprint density at radius 3 is 2.76 bits per heavy atom. The number of pyridine rings is 1. The molecule has 4 rings (SSSR count). The predicted molar refractivity (Wildman–Crippen MR) is 75.4 cm³/mol. The summed E-state index contributed by atoms with van der Waals surface area (Å²) in [7, 11) is 0. The number of H-pyrrole nitrogens is 1. The predicted octanol–water partition coefficient (Wildman–Crippen LogP) is 2.56. The van der Waals surface area contributed by atoms with E-state index in [1.54, 1.807) is 18.2 Å². The van der Waals surface area contributed by atoms with Gasteiger partial charge in [-0.25, -0.2) is 0 Å². The Morgan fingerprint density at radius 1 is 1.10 bits per heavy atom. The molecule has 0 bridgehead atoms. The van der Waals surface area contributed by atoms with Crippen LogP contribution in [0.4, 0.5) is 0 Å². The van der Waals surface area contributed by atoms with Crippen LogP contribution in [-0.4, -0.2) is 11.0 Å². The zero-order valence-electron chi connectivity index (χ0n) is 11.0. The Kier molecular flexibility index (Phi) is 2.47. The number of ether oxygens (including phenoxy) is 1. The number of benzene rings is 1. The van der Waals surface area contributed by atoms with Crippen molar-refractivity contribution < 1.29 is 13.9 Å². The molecule has 21 heavy (non-hydrogen) atoms. The molecule has 0 amide bonds. The molecule has 0 unspecified atom stereocenters. The van der Waals surface area contributed by atoms with E-state index in [1.165, 1.54) is 6.26 Å². The number of esters is 1. The van der Waals surface area contributed by atoms with E-state index in [1.807, 2.05) is 18.2 Å². The second-order valence-electron chi connectivity index (χ2n) is 4.99. The number of rotatable bonds is 1. The van der Waals surface area contributed by atoms with Crippen molar-refractivity contribution in [3.63, 3.8) is 0 Å². The summed E-state index contributed by atoms with van der Waals surface area (Å²) in [5.74, 6) is 0.157. The fraction of sp³-hybridized carbons (Fsp3) is 0.125. The van der Waals surface area contributed by atoms with E-state index in [0.29, 0.717) is 22.6 Å². The lowest BCUT2D eigenvalue weighted by Crippen LogP contribution is -2.28. The molecule has 2 aromatic heterocycles. The van der Waals surface area contributed by atoms with Gasteiger partial charge in [-0.1, -0.05) is 12.1 Å². The average Bonchev–Trinajstić information content (AvgIpc) is 3.00. The Hall–Kier alpha value is -2.82. The summed E-state index contributed by atoms with van der Waals surface area (Å²) in [4.78, 5) is 27.1. The number of aromatic nitrogens is 1. The molecule has 0 aliphatic carbocycles. The van der Waals surface area contributed by atoms with Gasteiger partial charge in [-0.05, 0) is 24.3 Å². The van der Waals surface area contributed by atoms with Crippen LogP contribution in [0.25, 0.3) is 10.9 Å². The maximum atomic E-state index is 12.4. The first-order chi connectivity index (χ1) is 10.2. The van der Waals surface area contributed by atoms with Crippen molar-refractivity contribution in [2.24, 2.45) is 0 Å². The highest BCUT2D eigenvalue weighted by molar-refractivity contribution is 5.91. The summed E-state index contributed by atoms with van der Waals surface area (Å²) < 4.78 is 10.7. The lowest BCUT2D eigenvalue weighted by molar-refractivity contribution is -0.135. The van der Waals surface area contributed by atoms with E-state index in [2.05, 4.69) is 4.98 Å². The summed E-state index contributed by atoms with van der Waals surface area (Å²) in [5, 5.41) is 0.719. The molecule has 0 spiro atoms. The first-order valence-electron chi connectivity index (χ1n) is 6.63. The van der Waals surface area contributed by atoms with Crippen LogP contribution >= 0.6 is 0 Å². The first kappa shape index (κ1) is 12.0. The quantitative estimate of drug-likeness (QED) is 0.696. The van der Waals surface area contributed by atoms with Crippen LogP contribution in [0.3, 0.4) is 0 Å². The van der Waals surface area contributed by atoms with Gasteiger partial charge in [0.05, 0.1) is 29.7 Å². The number of hydrogen-bond donors (Lipinski definition) is 1. The standard InChI is InChI=1S/C16H11NO4/c18-13-8-10(12-6-3-7-20-12)14-15(21-13)9-4-1-2-5-11(9)17-16(14)19/h1-7,10H,8H2,(H,17,19)/t10-/m0/s1. The van der Waals surface area contributed by atoms with Crippen molar-refractivity contribution in [2.75, 3.05) is 0 Å². The summed E-state index contributed by atoms with van der Waals surface area (Å²) >= 11 is 0. The number of carbonyl (C=O) groups is 1. The second-order valence-corrected chi connectivity index (χ2v) is 4.99.